The van der Waals surface area contributed by atoms with Crippen molar-refractivity contribution in [2.24, 2.45) is 10.7 Å². The number of nitrogens with two attached hydrogens (primary N) is 1. The van der Waals surface area contributed by atoms with Gasteiger partial charge in [0.15, 0.2) is 0 Å². The lowest BCUT2D eigenvalue weighted by molar-refractivity contribution is -0.139. The first-order chi connectivity index (χ1) is 22.2. The molecule has 1 aliphatic carbocycles. The van der Waals surface area contributed by atoms with Gasteiger partial charge in [0.05, 0.1) is 11.2 Å². The number of hydrogen-bond acceptors (Lipinski definition) is 8. The molecule has 260 valence electrons. The van der Waals surface area contributed by atoms with Gasteiger partial charge in [-0.2, -0.15) is 0 Å². The minimum absolute atomic E-state index is 0.0287. The average molecular weight is 674 g/mol. The molecule has 0 unspecified atom stereocenters. The first-order valence-corrected chi connectivity index (χ1v) is 17.7. The van der Waals surface area contributed by atoms with Crippen LogP contribution in [0.3, 0.4) is 0 Å². The molecule has 2 aliphatic rings. The van der Waals surface area contributed by atoms with E-state index in [1.165, 1.54) is 38.4 Å². The van der Waals surface area contributed by atoms with Crippen molar-refractivity contribution in [2.45, 2.75) is 122 Å². The van der Waals surface area contributed by atoms with Crippen LogP contribution in [0.25, 0.3) is 0 Å². The molecule has 2 aromatic carbocycles. The van der Waals surface area contributed by atoms with E-state index in [2.05, 4.69) is 20.6 Å². The number of hydrazine groups is 1. The molecule has 1 atom stereocenters. The minimum Gasteiger partial charge on any atom is -0.487 e. The van der Waals surface area contributed by atoms with E-state index in [1.54, 1.807) is 26.0 Å². The maximum atomic E-state index is 13.1. The Labute approximate surface area is 278 Å². The summed E-state index contributed by atoms with van der Waals surface area (Å²) in [5.41, 5.74) is 11.6. The highest BCUT2D eigenvalue weighted by Crippen LogP contribution is 2.42. The highest BCUT2D eigenvalue weighted by Gasteiger charge is 2.33. The van der Waals surface area contributed by atoms with Gasteiger partial charge in [0, 0.05) is 12.6 Å². The van der Waals surface area contributed by atoms with Gasteiger partial charge in [-0.05, 0) is 101 Å². The van der Waals surface area contributed by atoms with Crippen LogP contribution in [0, 0.1) is 20.8 Å². The number of carboxylic acid groups (broad SMARTS) is 1. The lowest BCUT2D eigenvalue weighted by Crippen LogP contribution is -2.41. The van der Waals surface area contributed by atoms with Gasteiger partial charge in [-0.15, -0.1) is 4.83 Å². The van der Waals surface area contributed by atoms with Crippen molar-refractivity contribution < 1.29 is 32.6 Å². The van der Waals surface area contributed by atoms with Crippen LogP contribution in [0.4, 0.5) is 4.79 Å². The molecule has 0 saturated heterocycles. The van der Waals surface area contributed by atoms with E-state index in [0.29, 0.717) is 23.6 Å². The summed E-state index contributed by atoms with van der Waals surface area (Å²) >= 11 is 0. The molecule has 4 rings (SSSR count). The predicted molar refractivity (Wildman–Crippen MR) is 182 cm³/mol. The van der Waals surface area contributed by atoms with Crippen molar-refractivity contribution in [1.29, 1.82) is 0 Å². The van der Waals surface area contributed by atoms with Crippen molar-refractivity contribution in [2.75, 3.05) is 6.54 Å². The topological polar surface area (TPSA) is 181 Å². The Morgan fingerprint density at radius 2 is 1.79 bits per heavy atom. The van der Waals surface area contributed by atoms with E-state index in [4.69, 9.17) is 15.2 Å². The molecule has 0 radical (unpaired) electrons. The zero-order valence-electron chi connectivity index (χ0n) is 28.2. The third kappa shape index (κ3) is 11.5. The van der Waals surface area contributed by atoms with Gasteiger partial charge >= 0.3 is 12.1 Å². The van der Waals surface area contributed by atoms with Crippen molar-refractivity contribution in [3.8, 4) is 5.75 Å². The Morgan fingerprint density at radius 1 is 1.11 bits per heavy atom. The quantitative estimate of drug-likeness (QED) is 0.0900. The number of carbonyl (C=O) groups is 2. The molecular weight excluding hydrogens is 622 g/mol. The SMILES string of the molecule is Cc1c(C)c(S(=O)(=O)NNC=NCCC[C@H](NC(=O)OCc2ccccc2)C(=O)O)c(C)c2c1OC(C)(C)CC2.NC1CCCCC1. The lowest BCUT2D eigenvalue weighted by atomic mass is 9.88. The zero-order chi connectivity index (χ0) is 34.6. The second-order valence-corrected chi connectivity index (χ2v) is 14.4. The number of rotatable bonds is 12. The van der Waals surface area contributed by atoms with E-state index < -0.39 is 28.1 Å². The summed E-state index contributed by atoms with van der Waals surface area (Å²) in [6, 6.07) is 8.44. The Hall–Kier alpha value is -3.68. The number of carboxylic acids is 1. The van der Waals surface area contributed by atoms with Gasteiger partial charge in [-0.1, -0.05) is 49.6 Å². The van der Waals surface area contributed by atoms with E-state index in [-0.39, 0.29) is 30.1 Å². The van der Waals surface area contributed by atoms with Crippen molar-refractivity contribution in [1.82, 2.24) is 15.6 Å². The maximum Gasteiger partial charge on any atom is 0.408 e. The number of carbonyl (C=O) groups excluding carboxylic acids is 1. The van der Waals surface area contributed by atoms with Crippen LogP contribution in [-0.2, 0) is 32.6 Å². The van der Waals surface area contributed by atoms with Crippen molar-refractivity contribution >= 4 is 28.4 Å². The van der Waals surface area contributed by atoms with Gasteiger partial charge in [0.2, 0.25) is 0 Å². The number of benzene rings is 2. The molecule has 1 amide bonds. The maximum absolute atomic E-state index is 13.1. The Morgan fingerprint density at radius 3 is 2.40 bits per heavy atom. The third-order valence-electron chi connectivity index (χ3n) is 8.52. The number of amides is 1. The van der Waals surface area contributed by atoms with Crippen LogP contribution in [0.15, 0.2) is 40.2 Å². The first-order valence-electron chi connectivity index (χ1n) is 16.2. The van der Waals surface area contributed by atoms with Crippen LogP contribution in [0.5, 0.6) is 5.75 Å². The van der Waals surface area contributed by atoms with Gasteiger partial charge in [0.1, 0.15) is 24.0 Å². The summed E-state index contributed by atoms with van der Waals surface area (Å²) < 4.78 is 37.5. The Kier molecular flexibility index (Phi) is 14.0. The summed E-state index contributed by atoms with van der Waals surface area (Å²) in [5, 5.41) is 11.7. The van der Waals surface area contributed by atoms with Gasteiger partial charge < -0.3 is 25.6 Å². The minimum atomic E-state index is -3.91. The Balaban J connectivity index is 0.000000756. The number of aliphatic carboxylic acids is 1. The Bertz CT molecular complexity index is 1490. The van der Waals surface area contributed by atoms with E-state index >= 15 is 0 Å². The average Bonchev–Trinajstić information content (AvgIpc) is 3.02. The number of aliphatic imine (C=N–C) groups is 1. The molecule has 2 aromatic rings. The number of fused-ring (bicyclic) bond motifs is 1. The van der Waals surface area contributed by atoms with Gasteiger partial charge in [0.25, 0.3) is 10.0 Å². The summed E-state index contributed by atoms with van der Waals surface area (Å²) in [7, 11) is -3.91. The standard InChI is InChI=1S/C28H38N4O7S.C6H13N/c1-18-19(2)25(20(3)22-13-14-28(4,5)39-24(18)22)40(36,37)32-30-17-29-15-9-12-23(26(33)34)31-27(35)38-16-21-10-7-6-8-11-21;7-6-4-2-1-3-5-6/h6-8,10-11,17,23,32H,9,12-16H2,1-5H3,(H,29,30)(H,31,35)(H,33,34);6H,1-5,7H2/t23-;/m0./s1. The number of nitrogens with zero attached hydrogens (tertiary/aromatic N) is 1. The summed E-state index contributed by atoms with van der Waals surface area (Å²) in [4.78, 5) is 30.1. The molecule has 1 aliphatic heterocycles. The largest absolute Gasteiger partial charge is 0.487 e. The molecule has 1 saturated carbocycles. The number of hydrogen-bond donors (Lipinski definition) is 5. The second kappa shape index (κ2) is 17.5. The van der Waals surface area contributed by atoms with Crippen LogP contribution in [-0.4, -0.2) is 56.2 Å². The molecule has 0 bridgehead atoms. The fraction of sp³-hybridized carbons (Fsp3) is 0.559. The number of alkyl carbamates (subject to hydrolysis) is 1. The fourth-order valence-corrected chi connectivity index (χ4v) is 7.09. The van der Waals surface area contributed by atoms with Crippen LogP contribution in [0.2, 0.25) is 0 Å². The first kappa shape index (κ1) is 37.8. The van der Waals surface area contributed by atoms with Crippen LogP contribution >= 0.6 is 0 Å². The summed E-state index contributed by atoms with van der Waals surface area (Å²) in [5.74, 6) is -0.426. The smallest absolute Gasteiger partial charge is 0.408 e. The van der Waals surface area contributed by atoms with Crippen LogP contribution in [0.1, 0.15) is 93.0 Å². The molecule has 1 heterocycles. The summed E-state index contributed by atoms with van der Waals surface area (Å²) in [6.07, 6.45) is 9.00. The zero-order valence-corrected chi connectivity index (χ0v) is 29.0. The van der Waals surface area contributed by atoms with Crippen molar-refractivity contribution in [3.63, 3.8) is 0 Å². The third-order valence-corrected chi connectivity index (χ3v) is 10.1. The highest BCUT2D eigenvalue weighted by atomic mass is 32.2. The predicted octanol–water partition coefficient (Wildman–Crippen LogP) is 4.96. The van der Waals surface area contributed by atoms with Gasteiger partial charge in [-0.25, -0.2) is 18.0 Å². The van der Waals surface area contributed by atoms with E-state index in [1.807, 2.05) is 39.0 Å². The molecule has 6 N–H and O–H groups in total. The molecule has 0 spiro atoms. The molecule has 0 aromatic heterocycles. The fourth-order valence-electron chi connectivity index (χ4n) is 5.70. The second-order valence-electron chi connectivity index (χ2n) is 12.8. The number of nitrogens with one attached hydrogen (secondary N) is 3. The molecule has 13 heteroatoms. The molecule has 1 fully saturated rings. The molecular formula is C34H51N5O7S. The molecule has 12 nitrogen and oxygen atoms in total. The van der Waals surface area contributed by atoms with Crippen LogP contribution < -0.4 is 26.0 Å². The monoisotopic (exact) mass is 673 g/mol. The lowest BCUT2D eigenvalue weighted by Gasteiger charge is -2.35. The van der Waals surface area contributed by atoms with E-state index in [9.17, 15) is 23.1 Å². The number of ether oxygens (including phenoxy) is 2. The normalized spacial score (nSPS) is 16.6. The van der Waals surface area contributed by atoms with Gasteiger partial charge in [-0.3, -0.25) is 10.4 Å². The summed E-state index contributed by atoms with van der Waals surface area (Å²) in [6.45, 7) is 9.71. The highest BCUT2D eigenvalue weighted by molar-refractivity contribution is 7.89. The van der Waals surface area contributed by atoms with E-state index in [0.717, 1.165) is 35.3 Å². The van der Waals surface area contributed by atoms with Crippen molar-refractivity contribution in [3.05, 3.63) is 58.1 Å². The molecule has 47 heavy (non-hydrogen) atoms. The number of sulfonamides is 1.